The first-order valence-corrected chi connectivity index (χ1v) is 9.81. The number of hydrogen-bond donors (Lipinski definition) is 1. The molecule has 0 saturated carbocycles. The van der Waals surface area contributed by atoms with Crippen LogP contribution in [0.2, 0.25) is 0 Å². The van der Waals surface area contributed by atoms with Crippen molar-refractivity contribution in [1.82, 2.24) is 0 Å². The van der Waals surface area contributed by atoms with Gasteiger partial charge in [-0.15, -0.1) is 0 Å². The number of para-hydroxylation sites is 1. The van der Waals surface area contributed by atoms with Gasteiger partial charge in [0, 0.05) is 17.9 Å². The molecule has 1 unspecified atom stereocenters. The maximum atomic E-state index is 11.3. The van der Waals surface area contributed by atoms with E-state index in [9.17, 15) is 9.90 Å². The number of fused-ring (bicyclic) bond motifs is 1. The summed E-state index contributed by atoms with van der Waals surface area (Å²) in [7, 11) is 0. The SMILES string of the molecule is CCOOCc1ccc(C(O)c2ccc(-c3oc4ccccc4c3COC(C)=O)o2)o1. The van der Waals surface area contributed by atoms with Crippen molar-refractivity contribution >= 4 is 16.9 Å². The third kappa shape index (κ3) is 4.56. The van der Waals surface area contributed by atoms with E-state index in [1.807, 2.05) is 31.2 Å². The molecule has 1 N–H and O–H groups in total. The van der Waals surface area contributed by atoms with Crippen LogP contribution in [-0.2, 0) is 32.5 Å². The van der Waals surface area contributed by atoms with Crippen molar-refractivity contribution in [1.29, 1.82) is 0 Å². The Balaban J connectivity index is 1.59. The number of carbonyl (C=O) groups is 1. The van der Waals surface area contributed by atoms with Gasteiger partial charge in [-0.05, 0) is 37.3 Å². The average Bonchev–Trinajstić information content (AvgIpc) is 3.50. The topological polar surface area (TPSA) is 104 Å². The van der Waals surface area contributed by atoms with E-state index in [1.54, 1.807) is 24.3 Å². The Kier molecular flexibility index (Phi) is 6.22. The number of hydrogen-bond acceptors (Lipinski definition) is 8. The normalized spacial score (nSPS) is 12.4. The summed E-state index contributed by atoms with van der Waals surface area (Å²) in [6.45, 7) is 3.75. The lowest BCUT2D eigenvalue weighted by atomic mass is 10.1. The molecule has 8 nitrogen and oxygen atoms in total. The van der Waals surface area contributed by atoms with Crippen LogP contribution in [0.5, 0.6) is 0 Å². The Hall–Kier alpha value is -3.33. The summed E-state index contributed by atoms with van der Waals surface area (Å²) in [5.74, 6) is 1.54. The van der Waals surface area contributed by atoms with Gasteiger partial charge < -0.3 is 23.1 Å². The van der Waals surface area contributed by atoms with Crippen LogP contribution in [0.4, 0.5) is 0 Å². The quantitative estimate of drug-likeness (QED) is 0.174. The van der Waals surface area contributed by atoms with E-state index in [1.165, 1.54) is 6.92 Å². The molecule has 0 radical (unpaired) electrons. The van der Waals surface area contributed by atoms with E-state index in [0.717, 1.165) is 5.39 Å². The monoisotopic (exact) mass is 426 g/mol. The highest BCUT2D eigenvalue weighted by molar-refractivity contribution is 5.87. The number of rotatable bonds is 9. The highest BCUT2D eigenvalue weighted by Crippen LogP contribution is 2.37. The van der Waals surface area contributed by atoms with Crippen LogP contribution >= 0.6 is 0 Å². The summed E-state index contributed by atoms with van der Waals surface area (Å²) in [4.78, 5) is 21.1. The number of carbonyl (C=O) groups excluding carboxylic acids is 1. The number of benzene rings is 1. The van der Waals surface area contributed by atoms with E-state index in [2.05, 4.69) is 0 Å². The standard InChI is InChI=1S/C23H22O8/c1-3-27-28-12-15-8-9-19(29-15)22(25)20-10-11-21(30-20)23-17(13-26-14(2)24)16-6-4-5-7-18(16)31-23/h4-11,22,25H,3,12-13H2,1-2H3. The first-order valence-electron chi connectivity index (χ1n) is 9.81. The van der Waals surface area contributed by atoms with E-state index >= 15 is 0 Å². The van der Waals surface area contributed by atoms with E-state index < -0.39 is 12.1 Å². The molecule has 3 heterocycles. The molecule has 0 aliphatic carbocycles. The van der Waals surface area contributed by atoms with Gasteiger partial charge >= 0.3 is 5.97 Å². The lowest BCUT2D eigenvalue weighted by Gasteiger charge is -2.05. The summed E-state index contributed by atoms with van der Waals surface area (Å²) in [6.07, 6.45) is -1.11. The lowest BCUT2D eigenvalue weighted by molar-refractivity contribution is -0.303. The van der Waals surface area contributed by atoms with E-state index in [0.29, 0.717) is 40.8 Å². The molecule has 31 heavy (non-hydrogen) atoms. The van der Waals surface area contributed by atoms with Crippen LogP contribution in [0.25, 0.3) is 22.5 Å². The lowest BCUT2D eigenvalue weighted by Crippen LogP contribution is -1.99. The van der Waals surface area contributed by atoms with Crippen molar-refractivity contribution < 1.29 is 37.7 Å². The van der Waals surface area contributed by atoms with Gasteiger partial charge in [0.05, 0.1) is 6.61 Å². The Labute approximate surface area is 177 Å². The Morgan fingerprint density at radius 2 is 1.74 bits per heavy atom. The molecule has 0 aliphatic rings. The average molecular weight is 426 g/mol. The number of aliphatic hydroxyl groups is 1. The summed E-state index contributed by atoms with van der Waals surface area (Å²) < 4.78 is 22.6. The Bertz CT molecular complexity index is 1170. The minimum atomic E-state index is -1.11. The number of esters is 1. The van der Waals surface area contributed by atoms with Crippen LogP contribution in [0, 0.1) is 0 Å². The molecular formula is C23H22O8. The number of ether oxygens (including phenoxy) is 1. The summed E-state index contributed by atoms with van der Waals surface area (Å²) >= 11 is 0. The van der Waals surface area contributed by atoms with Crippen LogP contribution < -0.4 is 0 Å². The molecule has 0 bridgehead atoms. The first-order chi connectivity index (χ1) is 15.1. The van der Waals surface area contributed by atoms with E-state index in [-0.39, 0.29) is 19.0 Å². The fraction of sp³-hybridized carbons (Fsp3) is 0.261. The summed E-state index contributed by atoms with van der Waals surface area (Å²) in [5, 5.41) is 11.5. The van der Waals surface area contributed by atoms with Crippen LogP contribution in [0.3, 0.4) is 0 Å². The molecule has 3 aromatic heterocycles. The van der Waals surface area contributed by atoms with Gasteiger partial charge in [0.2, 0.25) is 0 Å². The van der Waals surface area contributed by atoms with Gasteiger partial charge in [-0.3, -0.25) is 4.79 Å². The second kappa shape index (κ2) is 9.22. The van der Waals surface area contributed by atoms with Crippen molar-refractivity contribution in [2.45, 2.75) is 33.2 Å². The van der Waals surface area contributed by atoms with Gasteiger partial charge in [-0.1, -0.05) is 18.2 Å². The second-order valence-electron chi connectivity index (χ2n) is 6.76. The number of furan rings is 3. The molecule has 0 amide bonds. The van der Waals surface area contributed by atoms with Gasteiger partial charge in [-0.25, -0.2) is 9.78 Å². The van der Waals surface area contributed by atoms with Crippen LogP contribution in [-0.4, -0.2) is 17.7 Å². The van der Waals surface area contributed by atoms with Crippen molar-refractivity contribution in [3.63, 3.8) is 0 Å². The molecular weight excluding hydrogens is 404 g/mol. The molecule has 4 aromatic rings. The highest BCUT2D eigenvalue weighted by Gasteiger charge is 2.23. The van der Waals surface area contributed by atoms with Crippen molar-refractivity contribution in [2.75, 3.05) is 6.61 Å². The van der Waals surface area contributed by atoms with Gasteiger partial charge in [0.1, 0.15) is 36.1 Å². The summed E-state index contributed by atoms with van der Waals surface area (Å²) in [6, 6.07) is 14.1. The van der Waals surface area contributed by atoms with Crippen molar-refractivity contribution in [3.05, 3.63) is 71.4 Å². The molecule has 8 heteroatoms. The number of aliphatic hydroxyl groups excluding tert-OH is 1. The summed E-state index contributed by atoms with van der Waals surface area (Å²) in [5.41, 5.74) is 1.33. The van der Waals surface area contributed by atoms with Gasteiger partial charge in [-0.2, -0.15) is 0 Å². The zero-order valence-electron chi connectivity index (χ0n) is 17.1. The third-order valence-corrected chi connectivity index (χ3v) is 4.59. The maximum Gasteiger partial charge on any atom is 0.302 e. The Morgan fingerprint density at radius 3 is 2.55 bits per heavy atom. The van der Waals surface area contributed by atoms with Gasteiger partial charge in [0.25, 0.3) is 0 Å². The third-order valence-electron chi connectivity index (χ3n) is 4.59. The molecule has 0 aliphatic heterocycles. The molecule has 162 valence electrons. The molecule has 0 fully saturated rings. The molecule has 1 atom stereocenters. The smallest absolute Gasteiger partial charge is 0.302 e. The second-order valence-corrected chi connectivity index (χ2v) is 6.76. The minimum Gasteiger partial charge on any atom is -0.461 e. The van der Waals surface area contributed by atoms with Crippen molar-refractivity contribution in [3.8, 4) is 11.5 Å². The van der Waals surface area contributed by atoms with E-state index in [4.69, 9.17) is 27.8 Å². The molecule has 0 spiro atoms. The highest BCUT2D eigenvalue weighted by atomic mass is 17.2. The first kappa shape index (κ1) is 20.9. The molecule has 4 rings (SSSR count). The van der Waals surface area contributed by atoms with Crippen LogP contribution in [0.1, 0.15) is 42.8 Å². The predicted molar refractivity (Wildman–Crippen MR) is 109 cm³/mol. The maximum absolute atomic E-state index is 11.3. The van der Waals surface area contributed by atoms with Crippen LogP contribution in [0.15, 0.2) is 61.8 Å². The van der Waals surface area contributed by atoms with Gasteiger partial charge in [0.15, 0.2) is 17.6 Å². The largest absolute Gasteiger partial charge is 0.461 e. The fourth-order valence-electron chi connectivity index (χ4n) is 3.18. The zero-order valence-corrected chi connectivity index (χ0v) is 17.1. The zero-order chi connectivity index (χ0) is 21.8. The molecule has 1 aromatic carbocycles. The predicted octanol–water partition coefficient (Wildman–Crippen LogP) is 4.90. The molecule has 0 saturated heterocycles. The fourth-order valence-corrected chi connectivity index (χ4v) is 3.18. The Morgan fingerprint density at radius 1 is 0.968 bits per heavy atom. The minimum absolute atomic E-state index is 0.0433. The van der Waals surface area contributed by atoms with Crippen molar-refractivity contribution in [2.24, 2.45) is 0 Å².